The zero-order valence-electron chi connectivity index (χ0n) is 12.1. The number of nitrogens with one attached hydrogen (secondary N) is 2. The summed E-state index contributed by atoms with van der Waals surface area (Å²) in [5.41, 5.74) is 6.45. The van der Waals surface area contributed by atoms with Gasteiger partial charge in [-0.3, -0.25) is 4.79 Å². The summed E-state index contributed by atoms with van der Waals surface area (Å²) in [5, 5.41) is 4.64. The van der Waals surface area contributed by atoms with Crippen LogP contribution in [0.3, 0.4) is 0 Å². The van der Waals surface area contributed by atoms with Crippen molar-refractivity contribution in [1.29, 1.82) is 0 Å². The van der Waals surface area contributed by atoms with Gasteiger partial charge in [0.1, 0.15) is 10.8 Å². The third-order valence-corrected chi connectivity index (χ3v) is 3.72. The standard InChI is InChI=1S/C14H19N5OS/c1-3-5-16-9(2)10-4-6-17-13(7-10)21-14-18-11(15)8-12(20)19-14/h4,6-9,16H,3,5H2,1-2H3,(H3,15,18,19,20). The smallest absolute Gasteiger partial charge is 0.253 e. The summed E-state index contributed by atoms with van der Waals surface area (Å²) in [6, 6.07) is 5.47. The van der Waals surface area contributed by atoms with Gasteiger partial charge in [-0.15, -0.1) is 0 Å². The fourth-order valence-electron chi connectivity index (χ4n) is 1.83. The minimum absolute atomic E-state index is 0.204. The Bertz CT molecular complexity index is 658. The van der Waals surface area contributed by atoms with E-state index in [1.807, 2.05) is 12.1 Å². The molecule has 1 atom stereocenters. The molecule has 7 heteroatoms. The SMILES string of the molecule is CCCNC(C)c1ccnc(Sc2nc(N)cc(=O)[nH]2)c1. The summed E-state index contributed by atoms with van der Waals surface area (Å²) < 4.78 is 0. The largest absolute Gasteiger partial charge is 0.383 e. The molecular formula is C14H19N5OS. The zero-order valence-corrected chi connectivity index (χ0v) is 12.9. The van der Waals surface area contributed by atoms with Crippen molar-refractivity contribution in [3.05, 3.63) is 40.3 Å². The molecule has 2 aromatic heterocycles. The molecule has 0 spiro atoms. The van der Waals surface area contributed by atoms with Crippen LogP contribution in [0.5, 0.6) is 0 Å². The molecule has 0 bridgehead atoms. The number of nitrogens with zero attached hydrogens (tertiary/aromatic N) is 2. The van der Waals surface area contributed by atoms with Gasteiger partial charge >= 0.3 is 0 Å². The van der Waals surface area contributed by atoms with Crippen LogP contribution in [0.4, 0.5) is 5.82 Å². The second-order valence-corrected chi connectivity index (χ2v) is 5.69. The summed E-state index contributed by atoms with van der Waals surface area (Å²) >= 11 is 1.29. The third kappa shape index (κ3) is 4.57. The molecule has 21 heavy (non-hydrogen) atoms. The topological polar surface area (TPSA) is 96.7 Å². The minimum atomic E-state index is -0.265. The number of pyridine rings is 1. The van der Waals surface area contributed by atoms with E-state index in [4.69, 9.17) is 5.73 Å². The fraction of sp³-hybridized carbons (Fsp3) is 0.357. The highest BCUT2D eigenvalue weighted by atomic mass is 32.2. The van der Waals surface area contributed by atoms with Gasteiger partial charge in [-0.1, -0.05) is 6.92 Å². The van der Waals surface area contributed by atoms with Gasteiger partial charge in [0, 0.05) is 18.3 Å². The molecular weight excluding hydrogens is 286 g/mol. The predicted molar refractivity (Wildman–Crippen MR) is 84.3 cm³/mol. The quantitative estimate of drug-likeness (QED) is 0.706. The van der Waals surface area contributed by atoms with E-state index in [1.54, 1.807) is 6.20 Å². The lowest BCUT2D eigenvalue weighted by molar-refractivity contribution is 0.569. The van der Waals surface area contributed by atoms with Crippen molar-refractivity contribution in [2.45, 2.75) is 36.5 Å². The molecule has 0 aliphatic heterocycles. The van der Waals surface area contributed by atoms with Crippen LogP contribution in [0.15, 0.2) is 39.4 Å². The van der Waals surface area contributed by atoms with Crippen molar-refractivity contribution >= 4 is 17.6 Å². The van der Waals surface area contributed by atoms with Crippen LogP contribution < -0.4 is 16.6 Å². The Kier molecular flexibility index (Phi) is 5.35. The number of hydrogen-bond donors (Lipinski definition) is 3. The molecule has 2 heterocycles. The number of H-pyrrole nitrogens is 1. The molecule has 0 radical (unpaired) electrons. The van der Waals surface area contributed by atoms with Crippen molar-refractivity contribution in [3.63, 3.8) is 0 Å². The molecule has 0 saturated heterocycles. The maximum Gasteiger partial charge on any atom is 0.253 e. The predicted octanol–water partition coefficient (Wildman–Crippen LogP) is 1.96. The molecule has 6 nitrogen and oxygen atoms in total. The van der Waals surface area contributed by atoms with Crippen LogP contribution in [0, 0.1) is 0 Å². The normalized spacial score (nSPS) is 12.3. The van der Waals surface area contributed by atoms with Gasteiger partial charge in [0.15, 0.2) is 5.16 Å². The number of hydrogen-bond acceptors (Lipinski definition) is 6. The first-order valence-electron chi connectivity index (χ1n) is 6.82. The van der Waals surface area contributed by atoms with E-state index < -0.39 is 0 Å². The molecule has 0 fully saturated rings. The molecule has 0 saturated carbocycles. The van der Waals surface area contributed by atoms with Crippen molar-refractivity contribution in [3.8, 4) is 0 Å². The van der Waals surface area contributed by atoms with E-state index in [0.717, 1.165) is 23.6 Å². The minimum Gasteiger partial charge on any atom is -0.383 e. The maximum atomic E-state index is 11.4. The van der Waals surface area contributed by atoms with E-state index in [9.17, 15) is 4.79 Å². The maximum absolute atomic E-state index is 11.4. The molecule has 112 valence electrons. The van der Waals surface area contributed by atoms with Crippen LogP contribution in [0.1, 0.15) is 31.9 Å². The monoisotopic (exact) mass is 305 g/mol. The van der Waals surface area contributed by atoms with Gasteiger partial charge in [0.2, 0.25) is 0 Å². The van der Waals surface area contributed by atoms with Crippen LogP contribution in [-0.2, 0) is 0 Å². The Balaban J connectivity index is 2.15. The average Bonchev–Trinajstić information content (AvgIpc) is 2.44. The summed E-state index contributed by atoms with van der Waals surface area (Å²) in [4.78, 5) is 22.4. The Morgan fingerprint density at radius 2 is 2.29 bits per heavy atom. The van der Waals surface area contributed by atoms with Crippen LogP contribution >= 0.6 is 11.8 Å². The average molecular weight is 305 g/mol. The Morgan fingerprint density at radius 3 is 3.00 bits per heavy atom. The van der Waals surface area contributed by atoms with E-state index in [0.29, 0.717) is 5.16 Å². The first kappa shape index (κ1) is 15.5. The first-order valence-corrected chi connectivity index (χ1v) is 7.64. The Labute approximate surface area is 127 Å². The number of aromatic amines is 1. The summed E-state index contributed by atoms with van der Waals surface area (Å²) in [6.45, 7) is 5.21. The molecule has 0 amide bonds. The summed E-state index contributed by atoms with van der Waals surface area (Å²) in [5.74, 6) is 0.204. The van der Waals surface area contributed by atoms with Crippen LogP contribution in [-0.4, -0.2) is 21.5 Å². The molecule has 2 aromatic rings. The van der Waals surface area contributed by atoms with Crippen molar-refractivity contribution < 1.29 is 0 Å². The van der Waals surface area contributed by atoms with E-state index in [1.165, 1.54) is 17.8 Å². The van der Waals surface area contributed by atoms with E-state index in [2.05, 4.69) is 34.1 Å². The number of rotatable bonds is 6. The van der Waals surface area contributed by atoms with E-state index in [-0.39, 0.29) is 17.4 Å². The summed E-state index contributed by atoms with van der Waals surface area (Å²) in [6.07, 6.45) is 2.84. The molecule has 0 aromatic carbocycles. The lowest BCUT2D eigenvalue weighted by atomic mass is 10.1. The summed E-state index contributed by atoms with van der Waals surface area (Å²) in [7, 11) is 0. The lowest BCUT2D eigenvalue weighted by Gasteiger charge is -2.14. The highest BCUT2D eigenvalue weighted by Crippen LogP contribution is 2.24. The highest BCUT2D eigenvalue weighted by molar-refractivity contribution is 7.99. The second kappa shape index (κ2) is 7.24. The van der Waals surface area contributed by atoms with Gasteiger partial charge < -0.3 is 16.0 Å². The molecule has 1 unspecified atom stereocenters. The lowest BCUT2D eigenvalue weighted by Crippen LogP contribution is -2.19. The van der Waals surface area contributed by atoms with Crippen molar-refractivity contribution in [2.75, 3.05) is 12.3 Å². The van der Waals surface area contributed by atoms with Gasteiger partial charge in [-0.2, -0.15) is 0 Å². The van der Waals surface area contributed by atoms with Gasteiger partial charge in [-0.05, 0) is 49.3 Å². The van der Waals surface area contributed by atoms with Crippen LogP contribution in [0.2, 0.25) is 0 Å². The molecule has 0 aliphatic carbocycles. The van der Waals surface area contributed by atoms with Crippen molar-refractivity contribution in [2.24, 2.45) is 0 Å². The molecule has 0 aliphatic rings. The number of aromatic nitrogens is 3. The highest BCUT2D eigenvalue weighted by Gasteiger charge is 2.08. The number of nitrogens with two attached hydrogens (primary N) is 1. The number of nitrogen functional groups attached to an aromatic ring is 1. The molecule has 2 rings (SSSR count). The number of anilines is 1. The van der Waals surface area contributed by atoms with Crippen molar-refractivity contribution in [1.82, 2.24) is 20.3 Å². The van der Waals surface area contributed by atoms with Gasteiger partial charge in [0.05, 0.1) is 0 Å². The van der Waals surface area contributed by atoms with E-state index >= 15 is 0 Å². The zero-order chi connectivity index (χ0) is 15.2. The first-order chi connectivity index (χ1) is 10.1. The fourth-order valence-corrected chi connectivity index (χ4v) is 2.64. The Hall–Kier alpha value is -1.86. The molecule has 4 N–H and O–H groups in total. The van der Waals surface area contributed by atoms with Gasteiger partial charge in [0.25, 0.3) is 5.56 Å². The Morgan fingerprint density at radius 1 is 1.48 bits per heavy atom. The second-order valence-electron chi connectivity index (χ2n) is 4.68. The van der Waals surface area contributed by atoms with Gasteiger partial charge in [-0.25, -0.2) is 9.97 Å². The van der Waals surface area contributed by atoms with Crippen LogP contribution in [0.25, 0.3) is 0 Å². The third-order valence-electron chi connectivity index (χ3n) is 2.90.